The zero-order chi connectivity index (χ0) is 16.7. The van der Waals surface area contributed by atoms with Crippen molar-refractivity contribution in [3.63, 3.8) is 0 Å². The molecule has 0 bridgehead atoms. The minimum absolute atomic E-state index is 0.0484. The van der Waals surface area contributed by atoms with Crippen molar-refractivity contribution < 1.29 is 19.4 Å². The van der Waals surface area contributed by atoms with Gasteiger partial charge in [0.25, 0.3) is 0 Å². The standard InChI is InChI=1S/C15H23N3O4/c1-9(2)12(19)6-13(20)11(14(21)22-3)5-4-10-7-17-15(16)18-8-10/h7-9,11-12,19H,4-6H2,1-3H3,(H2,16,17,18). The van der Waals surface area contributed by atoms with Gasteiger partial charge in [0.1, 0.15) is 11.7 Å². The van der Waals surface area contributed by atoms with Gasteiger partial charge in [-0.3, -0.25) is 9.59 Å². The Labute approximate surface area is 129 Å². The van der Waals surface area contributed by atoms with E-state index in [2.05, 4.69) is 9.97 Å². The molecule has 0 fully saturated rings. The number of aryl methyl sites for hydroxylation is 1. The van der Waals surface area contributed by atoms with Crippen LogP contribution in [0.5, 0.6) is 0 Å². The molecule has 7 heteroatoms. The highest BCUT2D eigenvalue weighted by molar-refractivity contribution is 5.99. The molecular weight excluding hydrogens is 286 g/mol. The fraction of sp³-hybridized carbons (Fsp3) is 0.600. The van der Waals surface area contributed by atoms with Crippen LogP contribution >= 0.6 is 0 Å². The van der Waals surface area contributed by atoms with Crippen LogP contribution in [0.1, 0.15) is 32.3 Å². The minimum atomic E-state index is -0.893. The molecule has 0 amide bonds. The van der Waals surface area contributed by atoms with Gasteiger partial charge in [-0.2, -0.15) is 0 Å². The highest BCUT2D eigenvalue weighted by Gasteiger charge is 2.29. The summed E-state index contributed by atoms with van der Waals surface area (Å²) in [6, 6.07) is 0. The predicted molar refractivity (Wildman–Crippen MR) is 80.7 cm³/mol. The number of nitrogens with zero attached hydrogens (tertiary/aromatic N) is 2. The molecule has 0 saturated heterocycles. The van der Waals surface area contributed by atoms with E-state index in [-0.39, 0.29) is 30.5 Å². The molecule has 1 heterocycles. The lowest BCUT2D eigenvalue weighted by atomic mass is 9.90. The zero-order valence-corrected chi connectivity index (χ0v) is 13.2. The topological polar surface area (TPSA) is 115 Å². The van der Waals surface area contributed by atoms with Crippen molar-refractivity contribution in [2.75, 3.05) is 12.8 Å². The number of carbonyl (C=O) groups excluding carboxylic acids is 2. The Bertz CT molecular complexity index is 502. The molecule has 3 N–H and O–H groups in total. The first-order valence-corrected chi connectivity index (χ1v) is 7.20. The minimum Gasteiger partial charge on any atom is -0.468 e. The molecule has 0 radical (unpaired) electrons. The number of aliphatic hydroxyl groups excluding tert-OH is 1. The van der Waals surface area contributed by atoms with Crippen LogP contribution in [0, 0.1) is 11.8 Å². The molecule has 7 nitrogen and oxygen atoms in total. The van der Waals surface area contributed by atoms with Crippen LogP contribution in [0.2, 0.25) is 0 Å². The summed E-state index contributed by atoms with van der Waals surface area (Å²) in [5.74, 6) is -1.67. The molecule has 122 valence electrons. The third kappa shape index (κ3) is 5.40. The maximum atomic E-state index is 12.2. The van der Waals surface area contributed by atoms with E-state index in [1.54, 1.807) is 12.4 Å². The lowest BCUT2D eigenvalue weighted by molar-refractivity contribution is -0.150. The Morgan fingerprint density at radius 2 is 1.91 bits per heavy atom. The molecular formula is C15H23N3O4. The first-order chi connectivity index (χ1) is 10.3. The summed E-state index contributed by atoms with van der Waals surface area (Å²) in [5.41, 5.74) is 6.18. The number of anilines is 1. The normalized spacial score (nSPS) is 13.7. The number of ether oxygens (including phenoxy) is 1. The molecule has 2 atom stereocenters. The van der Waals surface area contributed by atoms with E-state index < -0.39 is 18.0 Å². The molecule has 0 aromatic carbocycles. The molecule has 0 aliphatic rings. The third-order valence-corrected chi connectivity index (χ3v) is 3.50. The summed E-state index contributed by atoms with van der Waals surface area (Å²) in [7, 11) is 1.24. The van der Waals surface area contributed by atoms with E-state index in [4.69, 9.17) is 10.5 Å². The van der Waals surface area contributed by atoms with Gasteiger partial charge in [-0.05, 0) is 24.3 Å². The molecule has 1 rings (SSSR count). The summed E-state index contributed by atoms with van der Waals surface area (Å²) in [4.78, 5) is 31.8. The molecule has 0 spiro atoms. The van der Waals surface area contributed by atoms with Crippen molar-refractivity contribution in [1.82, 2.24) is 9.97 Å². The van der Waals surface area contributed by atoms with Crippen LogP contribution in [0.3, 0.4) is 0 Å². The van der Waals surface area contributed by atoms with Gasteiger partial charge >= 0.3 is 5.97 Å². The first kappa shape index (κ1) is 18.0. The number of carbonyl (C=O) groups is 2. The van der Waals surface area contributed by atoms with E-state index >= 15 is 0 Å². The first-order valence-electron chi connectivity index (χ1n) is 7.20. The maximum absolute atomic E-state index is 12.2. The van der Waals surface area contributed by atoms with Crippen LogP contribution in [0.25, 0.3) is 0 Å². The second kappa shape index (κ2) is 8.43. The van der Waals surface area contributed by atoms with Crippen molar-refractivity contribution in [3.05, 3.63) is 18.0 Å². The van der Waals surface area contributed by atoms with E-state index in [0.29, 0.717) is 6.42 Å². The second-order valence-electron chi connectivity index (χ2n) is 5.55. The van der Waals surface area contributed by atoms with Gasteiger partial charge in [0.05, 0.1) is 13.2 Å². The maximum Gasteiger partial charge on any atom is 0.316 e. The quantitative estimate of drug-likeness (QED) is 0.538. The highest BCUT2D eigenvalue weighted by Crippen LogP contribution is 2.17. The Morgan fingerprint density at radius 1 is 1.32 bits per heavy atom. The summed E-state index contributed by atoms with van der Waals surface area (Å²) >= 11 is 0. The fourth-order valence-electron chi connectivity index (χ4n) is 1.94. The van der Waals surface area contributed by atoms with Gasteiger partial charge < -0.3 is 15.6 Å². The smallest absolute Gasteiger partial charge is 0.316 e. The van der Waals surface area contributed by atoms with Crippen molar-refractivity contribution >= 4 is 17.7 Å². The number of esters is 1. The Hall–Kier alpha value is -2.02. The van der Waals surface area contributed by atoms with E-state index in [1.807, 2.05) is 13.8 Å². The van der Waals surface area contributed by atoms with E-state index in [9.17, 15) is 14.7 Å². The summed E-state index contributed by atoms with van der Waals surface area (Å²) < 4.78 is 4.69. The Kier molecular flexibility index (Phi) is 6.91. The molecule has 1 aromatic heterocycles. The van der Waals surface area contributed by atoms with Crippen molar-refractivity contribution in [1.29, 1.82) is 0 Å². The lowest BCUT2D eigenvalue weighted by Gasteiger charge is -2.18. The molecule has 1 aromatic rings. The van der Waals surface area contributed by atoms with Gasteiger partial charge in [0, 0.05) is 18.8 Å². The molecule has 22 heavy (non-hydrogen) atoms. The average molecular weight is 309 g/mol. The number of aromatic nitrogens is 2. The van der Waals surface area contributed by atoms with Crippen LogP contribution in [-0.4, -0.2) is 40.0 Å². The monoisotopic (exact) mass is 309 g/mol. The highest BCUT2D eigenvalue weighted by atomic mass is 16.5. The predicted octanol–water partition coefficient (Wildman–Crippen LogP) is 0.757. The van der Waals surface area contributed by atoms with Crippen LogP contribution < -0.4 is 5.73 Å². The van der Waals surface area contributed by atoms with E-state index in [1.165, 1.54) is 7.11 Å². The summed E-state index contributed by atoms with van der Waals surface area (Å²) in [5, 5.41) is 9.81. The number of hydrogen-bond acceptors (Lipinski definition) is 7. The number of nitrogens with two attached hydrogens (primary N) is 1. The van der Waals surface area contributed by atoms with Gasteiger partial charge in [-0.1, -0.05) is 13.8 Å². The second-order valence-corrected chi connectivity index (χ2v) is 5.55. The number of nitrogen functional groups attached to an aromatic ring is 1. The molecule has 2 unspecified atom stereocenters. The van der Waals surface area contributed by atoms with Crippen molar-refractivity contribution in [2.24, 2.45) is 11.8 Å². The van der Waals surface area contributed by atoms with Gasteiger partial charge in [-0.25, -0.2) is 9.97 Å². The van der Waals surface area contributed by atoms with Gasteiger partial charge in [-0.15, -0.1) is 0 Å². The summed E-state index contributed by atoms with van der Waals surface area (Å²) in [6.45, 7) is 3.63. The Morgan fingerprint density at radius 3 is 2.41 bits per heavy atom. The number of ketones is 1. The molecule has 0 saturated carbocycles. The van der Waals surface area contributed by atoms with E-state index in [0.717, 1.165) is 5.56 Å². The van der Waals surface area contributed by atoms with Gasteiger partial charge in [0.2, 0.25) is 5.95 Å². The number of methoxy groups -OCH3 is 1. The van der Waals surface area contributed by atoms with Crippen LogP contribution in [-0.2, 0) is 20.7 Å². The van der Waals surface area contributed by atoms with Crippen molar-refractivity contribution in [2.45, 2.75) is 39.2 Å². The average Bonchev–Trinajstić information content (AvgIpc) is 2.48. The van der Waals surface area contributed by atoms with Crippen LogP contribution in [0.15, 0.2) is 12.4 Å². The number of Topliss-reactive ketones (excluding diaryl/α,β-unsaturated/α-hetero) is 1. The summed E-state index contributed by atoms with van der Waals surface area (Å²) in [6.07, 6.45) is 3.02. The van der Waals surface area contributed by atoms with Crippen LogP contribution in [0.4, 0.5) is 5.95 Å². The Balaban J connectivity index is 2.70. The molecule has 0 aliphatic heterocycles. The number of aliphatic hydroxyl groups is 1. The number of hydrogen-bond donors (Lipinski definition) is 2. The fourth-order valence-corrected chi connectivity index (χ4v) is 1.94. The van der Waals surface area contributed by atoms with Gasteiger partial charge in [0.15, 0.2) is 0 Å². The van der Waals surface area contributed by atoms with Crippen molar-refractivity contribution in [3.8, 4) is 0 Å². The SMILES string of the molecule is COC(=O)C(CCc1cnc(N)nc1)C(=O)CC(O)C(C)C. The number of rotatable bonds is 8. The lowest BCUT2D eigenvalue weighted by Crippen LogP contribution is -2.30. The largest absolute Gasteiger partial charge is 0.468 e. The zero-order valence-electron chi connectivity index (χ0n) is 13.2. The third-order valence-electron chi connectivity index (χ3n) is 3.50. The molecule has 0 aliphatic carbocycles.